The highest BCUT2D eigenvalue weighted by Crippen LogP contribution is 2.10. The van der Waals surface area contributed by atoms with Crippen molar-refractivity contribution in [2.75, 3.05) is 26.8 Å². The minimum atomic E-state index is -0.307. The highest BCUT2D eigenvalue weighted by molar-refractivity contribution is 5.75. The molecule has 0 aromatic heterocycles. The molecule has 0 saturated carbocycles. The molecule has 0 atom stereocenters. The molecule has 0 fully saturated rings. The number of halogens is 1. The summed E-state index contributed by atoms with van der Waals surface area (Å²) >= 11 is 0. The third kappa shape index (κ3) is 5.14. The van der Waals surface area contributed by atoms with Crippen LogP contribution < -0.4 is 4.74 Å². The molecule has 0 spiro atoms. The lowest BCUT2D eigenvalue weighted by atomic mass is 10.3. The monoisotopic (exact) mass is 255 g/mol. The van der Waals surface area contributed by atoms with E-state index in [-0.39, 0.29) is 18.3 Å². The third-order valence-electron chi connectivity index (χ3n) is 2.48. The fourth-order valence-electron chi connectivity index (χ4n) is 1.38. The molecule has 100 valence electrons. The van der Waals surface area contributed by atoms with Gasteiger partial charge in [0.2, 0.25) is 5.91 Å². The molecule has 5 heteroatoms. The Bertz CT molecular complexity index is 367. The first-order chi connectivity index (χ1) is 8.63. The number of ether oxygens (including phenoxy) is 1. The lowest BCUT2D eigenvalue weighted by Gasteiger charge is -2.17. The normalized spacial score (nSPS) is 10.2. The smallest absolute Gasteiger partial charge is 0.222 e. The minimum Gasteiger partial charge on any atom is -0.492 e. The Labute approximate surface area is 106 Å². The zero-order chi connectivity index (χ0) is 13.4. The molecule has 0 saturated heterocycles. The molecule has 1 N–H and O–H groups in total. The van der Waals surface area contributed by atoms with E-state index in [4.69, 9.17) is 9.84 Å². The van der Waals surface area contributed by atoms with Gasteiger partial charge in [-0.2, -0.15) is 0 Å². The summed E-state index contributed by atoms with van der Waals surface area (Å²) in [4.78, 5) is 13.1. The first-order valence-electron chi connectivity index (χ1n) is 5.86. The van der Waals surface area contributed by atoms with Crippen molar-refractivity contribution < 1.29 is 19.0 Å². The molecular formula is C13H18FNO3. The summed E-state index contributed by atoms with van der Waals surface area (Å²) < 4.78 is 18.0. The Morgan fingerprint density at radius 3 is 2.67 bits per heavy atom. The standard InChI is InChI=1S/C13H18FNO3/c1-15(13(17)3-2-9-16)8-10-18-12-6-4-11(14)5-7-12/h4-7,16H,2-3,8-10H2,1H3. The third-order valence-corrected chi connectivity index (χ3v) is 2.48. The van der Waals surface area contributed by atoms with Crippen LogP contribution in [0.15, 0.2) is 24.3 Å². The van der Waals surface area contributed by atoms with Crippen LogP contribution in [0.1, 0.15) is 12.8 Å². The van der Waals surface area contributed by atoms with E-state index in [9.17, 15) is 9.18 Å². The van der Waals surface area contributed by atoms with E-state index in [1.165, 1.54) is 12.1 Å². The van der Waals surface area contributed by atoms with Crippen LogP contribution in [0.2, 0.25) is 0 Å². The maximum atomic E-state index is 12.6. The lowest BCUT2D eigenvalue weighted by Crippen LogP contribution is -2.30. The Balaban J connectivity index is 2.24. The number of nitrogens with zero attached hydrogens (tertiary/aromatic N) is 1. The molecule has 1 aromatic carbocycles. The van der Waals surface area contributed by atoms with Gasteiger partial charge in [0.15, 0.2) is 0 Å². The molecule has 0 aliphatic rings. The van der Waals surface area contributed by atoms with E-state index >= 15 is 0 Å². The Kier molecular flexibility index (Phi) is 6.14. The number of hydrogen-bond donors (Lipinski definition) is 1. The zero-order valence-corrected chi connectivity index (χ0v) is 10.4. The average molecular weight is 255 g/mol. The van der Waals surface area contributed by atoms with Crippen LogP contribution in [-0.4, -0.2) is 42.7 Å². The van der Waals surface area contributed by atoms with Gasteiger partial charge in [-0.25, -0.2) is 4.39 Å². The number of amides is 1. The lowest BCUT2D eigenvalue weighted by molar-refractivity contribution is -0.130. The van der Waals surface area contributed by atoms with E-state index in [0.717, 1.165) is 0 Å². The van der Waals surface area contributed by atoms with Crippen molar-refractivity contribution in [2.24, 2.45) is 0 Å². The van der Waals surface area contributed by atoms with Crippen molar-refractivity contribution in [2.45, 2.75) is 12.8 Å². The zero-order valence-electron chi connectivity index (χ0n) is 10.4. The number of aliphatic hydroxyl groups excluding tert-OH is 1. The number of hydrogen-bond acceptors (Lipinski definition) is 3. The first-order valence-corrected chi connectivity index (χ1v) is 5.86. The van der Waals surface area contributed by atoms with Crippen LogP contribution >= 0.6 is 0 Å². The van der Waals surface area contributed by atoms with Gasteiger partial charge in [0.25, 0.3) is 0 Å². The fourth-order valence-corrected chi connectivity index (χ4v) is 1.38. The molecule has 0 aliphatic carbocycles. The van der Waals surface area contributed by atoms with Gasteiger partial charge in [-0.1, -0.05) is 0 Å². The van der Waals surface area contributed by atoms with Crippen LogP contribution in [0.5, 0.6) is 5.75 Å². The van der Waals surface area contributed by atoms with Crippen LogP contribution in [0.25, 0.3) is 0 Å². The Morgan fingerprint density at radius 2 is 2.06 bits per heavy atom. The molecule has 0 unspecified atom stereocenters. The second kappa shape index (κ2) is 7.66. The molecule has 0 bridgehead atoms. The van der Waals surface area contributed by atoms with Crippen LogP contribution in [0.4, 0.5) is 4.39 Å². The first kappa shape index (κ1) is 14.4. The van der Waals surface area contributed by atoms with Crippen molar-refractivity contribution in [3.63, 3.8) is 0 Å². The quantitative estimate of drug-likeness (QED) is 0.802. The summed E-state index contributed by atoms with van der Waals surface area (Å²) in [6, 6.07) is 5.74. The van der Waals surface area contributed by atoms with Gasteiger partial charge < -0.3 is 14.7 Å². The maximum absolute atomic E-state index is 12.6. The summed E-state index contributed by atoms with van der Waals surface area (Å²) in [6.07, 6.45) is 0.811. The topological polar surface area (TPSA) is 49.8 Å². The summed E-state index contributed by atoms with van der Waals surface area (Å²) in [5, 5.41) is 8.62. The van der Waals surface area contributed by atoms with Crippen LogP contribution in [-0.2, 0) is 4.79 Å². The van der Waals surface area contributed by atoms with Crippen molar-refractivity contribution in [1.82, 2.24) is 4.90 Å². The predicted molar refractivity (Wildman–Crippen MR) is 65.9 cm³/mol. The van der Waals surface area contributed by atoms with Gasteiger partial charge in [0.1, 0.15) is 18.2 Å². The predicted octanol–water partition coefficient (Wildman–Crippen LogP) is 1.44. The number of likely N-dealkylation sites (N-methyl/N-ethyl adjacent to an activating group) is 1. The van der Waals surface area contributed by atoms with Gasteiger partial charge in [-0.3, -0.25) is 4.79 Å². The summed E-state index contributed by atoms with van der Waals surface area (Å²) in [5.41, 5.74) is 0. The largest absolute Gasteiger partial charge is 0.492 e. The van der Waals surface area contributed by atoms with Crippen molar-refractivity contribution >= 4 is 5.91 Å². The van der Waals surface area contributed by atoms with E-state index < -0.39 is 0 Å². The second-order valence-electron chi connectivity index (χ2n) is 3.94. The SMILES string of the molecule is CN(CCOc1ccc(F)cc1)C(=O)CCCO. The van der Waals surface area contributed by atoms with E-state index in [1.54, 1.807) is 24.1 Å². The van der Waals surface area contributed by atoms with Crippen LogP contribution in [0.3, 0.4) is 0 Å². The minimum absolute atomic E-state index is 0.0195. The van der Waals surface area contributed by atoms with Gasteiger partial charge in [0, 0.05) is 20.1 Å². The Hall–Kier alpha value is -1.62. The summed E-state index contributed by atoms with van der Waals surface area (Å²) in [5.74, 6) is 0.248. The molecule has 18 heavy (non-hydrogen) atoms. The number of aliphatic hydroxyl groups is 1. The molecular weight excluding hydrogens is 237 g/mol. The van der Waals surface area contributed by atoms with Crippen molar-refractivity contribution in [3.8, 4) is 5.75 Å². The second-order valence-corrected chi connectivity index (χ2v) is 3.94. The van der Waals surface area contributed by atoms with E-state index in [0.29, 0.717) is 31.7 Å². The highest BCUT2D eigenvalue weighted by Gasteiger charge is 2.07. The molecule has 1 aromatic rings. The molecule has 1 amide bonds. The number of benzene rings is 1. The number of carbonyl (C=O) groups excluding carboxylic acids is 1. The maximum Gasteiger partial charge on any atom is 0.222 e. The van der Waals surface area contributed by atoms with Crippen LogP contribution in [0, 0.1) is 5.82 Å². The highest BCUT2D eigenvalue weighted by atomic mass is 19.1. The fraction of sp³-hybridized carbons (Fsp3) is 0.462. The molecule has 0 heterocycles. The van der Waals surface area contributed by atoms with Gasteiger partial charge >= 0.3 is 0 Å². The number of carbonyl (C=O) groups is 1. The summed E-state index contributed by atoms with van der Waals surface area (Å²) in [6.45, 7) is 0.834. The number of rotatable bonds is 7. The van der Waals surface area contributed by atoms with E-state index in [2.05, 4.69) is 0 Å². The van der Waals surface area contributed by atoms with Crippen molar-refractivity contribution in [1.29, 1.82) is 0 Å². The molecule has 0 aliphatic heterocycles. The summed E-state index contributed by atoms with van der Waals surface area (Å²) in [7, 11) is 1.69. The molecule has 4 nitrogen and oxygen atoms in total. The molecule has 1 rings (SSSR count). The van der Waals surface area contributed by atoms with Crippen molar-refractivity contribution in [3.05, 3.63) is 30.1 Å². The van der Waals surface area contributed by atoms with Gasteiger partial charge in [0.05, 0.1) is 6.54 Å². The van der Waals surface area contributed by atoms with Gasteiger partial charge in [-0.15, -0.1) is 0 Å². The average Bonchev–Trinajstić information content (AvgIpc) is 2.38. The van der Waals surface area contributed by atoms with Gasteiger partial charge in [-0.05, 0) is 30.7 Å². The molecule has 0 radical (unpaired) electrons. The Morgan fingerprint density at radius 1 is 1.39 bits per heavy atom. The van der Waals surface area contributed by atoms with E-state index in [1.807, 2.05) is 0 Å².